The second kappa shape index (κ2) is 10.4. The van der Waals surface area contributed by atoms with Crippen molar-refractivity contribution in [1.29, 1.82) is 0 Å². The summed E-state index contributed by atoms with van der Waals surface area (Å²) in [5.41, 5.74) is 0. The third-order valence-corrected chi connectivity index (χ3v) is 2.22. The summed E-state index contributed by atoms with van der Waals surface area (Å²) in [7, 11) is 0. The first kappa shape index (κ1) is 17.5. The van der Waals surface area contributed by atoms with Crippen LogP contribution in [0.25, 0.3) is 0 Å². The molecule has 112 valence electrons. The summed E-state index contributed by atoms with van der Waals surface area (Å²) in [5.74, 6) is 0. The SMILES string of the molecule is CCC(O)COC(=O)NCNC(=O)OCC(O)CC. The van der Waals surface area contributed by atoms with Gasteiger partial charge in [-0.05, 0) is 12.8 Å². The number of hydrogen-bond acceptors (Lipinski definition) is 6. The molecule has 0 fully saturated rings. The maximum absolute atomic E-state index is 11.1. The Labute approximate surface area is 112 Å². The van der Waals surface area contributed by atoms with Crippen LogP contribution in [0.5, 0.6) is 0 Å². The average Bonchev–Trinajstić information content (AvgIpc) is 2.41. The lowest BCUT2D eigenvalue weighted by Gasteiger charge is -2.12. The first-order chi connectivity index (χ1) is 8.99. The smallest absolute Gasteiger partial charge is 0.408 e. The van der Waals surface area contributed by atoms with Crippen LogP contribution in [0, 0.1) is 0 Å². The van der Waals surface area contributed by atoms with E-state index in [-0.39, 0.29) is 19.9 Å². The summed E-state index contributed by atoms with van der Waals surface area (Å²) in [6.45, 7) is 3.15. The summed E-state index contributed by atoms with van der Waals surface area (Å²) >= 11 is 0. The van der Waals surface area contributed by atoms with E-state index in [1.54, 1.807) is 13.8 Å². The van der Waals surface area contributed by atoms with Gasteiger partial charge in [-0.3, -0.25) is 0 Å². The molecule has 0 rings (SSSR count). The average molecular weight is 278 g/mol. The fourth-order valence-electron chi connectivity index (χ4n) is 0.870. The molecule has 0 aromatic carbocycles. The molecule has 0 saturated carbocycles. The van der Waals surface area contributed by atoms with E-state index in [0.29, 0.717) is 12.8 Å². The summed E-state index contributed by atoms with van der Waals surface area (Å²) in [5, 5.41) is 22.8. The van der Waals surface area contributed by atoms with Gasteiger partial charge in [-0.2, -0.15) is 0 Å². The van der Waals surface area contributed by atoms with Crippen LogP contribution in [0.15, 0.2) is 0 Å². The van der Waals surface area contributed by atoms with Crippen LogP contribution in [-0.4, -0.2) is 54.5 Å². The van der Waals surface area contributed by atoms with Crippen LogP contribution in [-0.2, 0) is 9.47 Å². The Morgan fingerprint density at radius 1 is 0.947 bits per heavy atom. The molecule has 0 spiro atoms. The van der Waals surface area contributed by atoms with Gasteiger partial charge in [-0.15, -0.1) is 0 Å². The number of aliphatic hydroxyl groups is 2. The lowest BCUT2D eigenvalue weighted by atomic mass is 10.3. The minimum absolute atomic E-state index is 0.102. The van der Waals surface area contributed by atoms with Crippen molar-refractivity contribution in [2.45, 2.75) is 38.9 Å². The molecular weight excluding hydrogens is 256 g/mol. The molecule has 4 N–H and O–H groups in total. The van der Waals surface area contributed by atoms with Crippen molar-refractivity contribution >= 4 is 12.2 Å². The molecule has 2 amide bonds. The summed E-state index contributed by atoms with van der Waals surface area (Å²) in [6, 6.07) is 0. The standard InChI is InChI=1S/C11H22N2O6/c1-3-8(14)5-18-10(16)12-7-13-11(17)19-6-9(15)4-2/h8-9,14-15H,3-7H2,1-2H3,(H,12,16)(H,13,17). The number of hydrogen-bond donors (Lipinski definition) is 4. The fourth-order valence-corrected chi connectivity index (χ4v) is 0.870. The van der Waals surface area contributed by atoms with Crippen LogP contribution in [0.4, 0.5) is 9.59 Å². The number of rotatable bonds is 8. The number of nitrogens with one attached hydrogen (secondary N) is 2. The van der Waals surface area contributed by atoms with Gasteiger partial charge in [0.25, 0.3) is 0 Å². The number of carbonyl (C=O) groups excluding carboxylic acids is 2. The zero-order chi connectivity index (χ0) is 14.7. The van der Waals surface area contributed by atoms with Crippen LogP contribution < -0.4 is 10.6 Å². The van der Waals surface area contributed by atoms with Crippen LogP contribution in [0.3, 0.4) is 0 Å². The number of aliphatic hydroxyl groups excluding tert-OH is 2. The molecule has 2 unspecified atom stereocenters. The van der Waals surface area contributed by atoms with E-state index in [2.05, 4.69) is 20.1 Å². The zero-order valence-electron chi connectivity index (χ0n) is 11.2. The van der Waals surface area contributed by atoms with Crippen molar-refractivity contribution in [3.8, 4) is 0 Å². The Hall–Kier alpha value is -1.54. The van der Waals surface area contributed by atoms with Crippen LogP contribution >= 0.6 is 0 Å². The lowest BCUT2D eigenvalue weighted by molar-refractivity contribution is 0.0623. The molecular formula is C11H22N2O6. The first-order valence-electron chi connectivity index (χ1n) is 6.16. The van der Waals surface area contributed by atoms with Gasteiger partial charge in [0.05, 0.1) is 18.9 Å². The number of ether oxygens (including phenoxy) is 2. The van der Waals surface area contributed by atoms with Crippen molar-refractivity contribution in [2.75, 3.05) is 19.9 Å². The topological polar surface area (TPSA) is 117 Å². The maximum Gasteiger partial charge on any atom is 0.408 e. The highest BCUT2D eigenvalue weighted by molar-refractivity contribution is 5.70. The molecule has 0 aromatic heterocycles. The molecule has 0 bridgehead atoms. The Morgan fingerprint density at radius 3 is 1.63 bits per heavy atom. The third-order valence-electron chi connectivity index (χ3n) is 2.22. The number of carbonyl (C=O) groups is 2. The van der Waals surface area contributed by atoms with Gasteiger partial charge >= 0.3 is 12.2 Å². The molecule has 8 heteroatoms. The van der Waals surface area contributed by atoms with Gasteiger partial charge in [0.15, 0.2) is 0 Å². The second-order valence-electron chi connectivity index (χ2n) is 3.85. The number of alkyl carbamates (subject to hydrolysis) is 2. The van der Waals surface area contributed by atoms with Crippen molar-refractivity contribution in [3.05, 3.63) is 0 Å². The molecule has 0 aliphatic carbocycles. The van der Waals surface area contributed by atoms with E-state index >= 15 is 0 Å². The van der Waals surface area contributed by atoms with Crippen molar-refractivity contribution in [3.63, 3.8) is 0 Å². The monoisotopic (exact) mass is 278 g/mol. The zero-order valence-corrected chi connectivity index (χ0v) is 11.2. The summed E-state index contributed by atoms with van der Waals surface area (Å²) in [4.78, 5) is 22.2. The van der Waals surface area contributed by atoms with Gasteiger partial charge in [0.2, 0.25) is 0 Å². The minimum atomic E-state index is -0.749. The Morgan fingerprint density at radius 2 is 1.32 bits per heavy atom. The highest BCUT2D eigenvalue weighted by Gasteiger charge is 2.08. The predicted molar refractivity (Wildman–Crippen MR) is 66.4 cm³/mol. The van der Waals surface area contributed by atoms with E-state index in [1.807, 2.05) is 0 Å². The van der Waals surface area contributed by atoms with Crippen molar-refractivity contribution in [1.82, 2.24) is 10.6 Å². The fraction of sp³-hybridized carbons (Fsp3) is 0.818. The molecule has 0 heterocycles. The van der Waals surface area contributed by atoms with Crippen molar-refractivity contribution in [2.24, 2.45) is 0 Å². The molecule has 0 aromatic rings. The first-order valence-corrected chi connectivity index (χ1v) is 6.16. The Kier molecular flexibility index (Phi) is 9.55. The van der Waals surface area contributed by atoms with Gasteiger partial charge in [-0.1, -0.05) is 13.8 Å². The molecule has 0 radical (unpaired) electrons. The van der Waals surface area contributed by atoms with Crippen LogP contribution in [0.1, 0.15) is 26.7 Å². The molecule has 0 aliphatic heterocycles. The molecule has 0 saturated heterocycles. The predicted octanol–water partition coefficient (Wildman–Crippen LogP) is -0.0619. The van der Waals surface area contributed by atoms with Crippen molar-refractivity contribution < 1.29 is 29.3 Å². The second-order valence-corrected chi connectivity index (χ2v) is 3.85. The van der Waals surface area contributed by atoms with Crippen LogP contribution in [0.2, 0.25) is 0 Å². The van der Waals surface area contributed by atoms with Gasteiger partial charge in [0, 0.05) is 0 Å². The molecule has 2 atom stereocenters. The highest BCUT2D eigenvalue weighted by atomic mass is 16.6. The molecule has 0 aliphatic rings. The van der Waals surface area contributed by atoms with Gasteiger partial charge in [0.1, 0.15) is 13.2 Å². The number of amides is 2. The van der Waals surface area contributed by atoms with Gasteiger partial charge < -0.3 is 30.3 Å². The quantitative estimate of drug-likeness (QED) is 0.462. The van der Waals surface area contributed by atoms with E-state index in [4.69, 9.17) is 10.2 Å². The van der Waals surface area contributed by atoms with Gasteiger partial charge in [-0.25, -0.2) is 9.59 Å². The minimum Gasteiger partial charge on any atom is -0.447 e. The largest absolute Gasteiger partial charge is 0.447 e. The van der Waals surface area contributed by atoms with E-state index < -0.39 is 24.4 Å². The third kappa shape index (κ3) is 10.1. The normalized spacial score (nSPS) is 13.3. The maximum atomic E-state index is 11.1. The van der Waals surface area contributed by atoms with E-state index in [1.165, 1.54) is 0 Å². The molecule has 8 nitrogen and oxygen atoms in total. The van der Waals surface area contributed by atoms with E-state index in [0.717, 1.165) is 0 Å². The Balaban J connectivity index is 3.56. The highest BCUT2D eigenvalue weighted by Crippen LogP contribution is 1.91. The molecule has 19 heavy (non-hydrogen) atoms. The Bertz CT molecular complexity index is 248. The summed E-state index contributed by atoms with van der Waals surface area (Å²) in [6.07, 6.45) is -1.92. The lowest BCUT2D eigenvalue weighted by Crippen LogP contribution is -2.39. The summed E-state index contributed by atoms with van der Waals surface area (Å²) < 4.78 is 9.32. The van der Waals surface area contributed by atoms with E-state index in [9.17, 15) is 9.59 Å².